The summed E-state index contributed by atoms with van der Waals surface area (Å²) in [6.45, 7) is -1.47. The van der Waals surface area contributed by atoms with Crippen LogP contribution in [-0.4, -0.2) is 243 Å². The van der Waals surface area contributed by atoms with Crippen molar-refractivity contribution in [2.45, 2.75) is 229 Å². The van der Waals surface area contributed by atoms with Crippen molar-refractivity contribution in [3.63, 3.8) is 0 Å². The van der Waals surface area contributed by atoms with E-state index in [2.05, 4.69) is 39.2 Å². The lowest BCUT2D eigenvalue weighted by Gasteiger charge is -2.26. The molecule has 0 aliphatic carbocycles. The maximum atomic E-state index is 15.0. The molecule has 0 fully saturated rings. The Kier molecular flexibility index (Phi) is 46.9. The van der Waals surface area contributed by atoms with E-state index in [0.29, 0.717) is 59.1 Å². The van der Waals surface area contributed by atoms with Crippen LogP contribution in [0.3, 0.4) is 0 Å². The molecule has 0 aliphatic rings. The van der Waals surface area contributed by atoms with Crippen LogP contribution in [0.2, 0.25) is 0 Å². The zero-order chi connectivity index (χ0) is 104. The summed E-state index contributed by atoms with van der Waals surface area (Å²) in [7, 11) is 0. The van der Waals surface area contributed by atoms with Crippen LogP contribution in [0, 0.1) is 49.0 Å². The molecular formula is C98H123F4N11O27S. The number of ketones is 2. The number of aliphatic hydroxyl groups is 10. The van der Waals surface area contributed by atoms with Crippen LogP contribution in [0.15, 0.2) is 165 Å². The van der Waals surface area contributed by atoms with Gasteiger partial charge in [0.15, 0.2) is 11.6 Å². The van der Waals surface area contributed by atoms with Gasteiger partial charge in [0, 0.05) is 117 Å². The average Bonchev–Trinajstić information content (AvgIpc) is 0.762. The highest BCUT2D eigenvalue weighted by atomic mass is 32.1. The van der Waals surface area contributed by atoms with E-state index < -0.39 is 274 Å². The highest BCUT2D eigenvalue weighted by molar-refractivity contribution is 7.80. The summed E-state index contributed by atoms with van der Waals surface area (Å²) in [5.41, 5.74) is 13.5. The van der Waals surface area contributed by atoms with Gasteiger partial charge >= 0.3 is 29.3 Å². The first-order chi connectivity index (χ1) is 67.0. The minimum atomic E-state index is -2.06. The van der Waals surface area contributed by atoms with E-state index in [0.717, 1.165) is 38.0 Å². The van der Waals surface area contributed by atoms with Crippen molar-refractivity contribution in [2.75, 3.05) is 38.6 Å². The highest BCUT2D eigenvalue weighted by Gasteiger charge is 2.37. The number of nitrogens with one attached hydrogen (secondary N) is 5. The molecule has 8 aromatic rings. The van der Waals surface area contributed by atoms with Crippen molar-refractivity contribution in [1.29, 1.82) is 0 Å². The number of carboxylic acids is 3. The molecule has 0 spiro atoms. The largest absolute Gasteiger partial charge is 0.481 e. The molecule has 6 aromatic carbocycles. The number of hydrogen-bond donors (Lipinski definition) is 21. The van der Waals surface area contributed by atoms with Gasteiger partial charge in [0.25, 0.3) is 11.1 Å². The molecule has 2 heterocycles. The number of hydrogen-bond acceptors (Lipinski definition) is 27. The monoisotopic (exact) mass is 1990 g/mol. The summed E-state index contributed by atoms with van der Waals surface area (Å²) in [6.07, 6.45) is -18.1. The predicted octanol–water partition coefficient (Wildman–Crippen LogP) is 2.09. The molecule has 43 heteroatoms. The number of amides is 5. The van der Waals surface area contributed by atoms with E-state index in [-0.39, 0.29) is 103 Å². The molecule has 38 nitrogen and oxygen atoms in total. The number of rotatable bonds is 58. The number of carbonyl (C=O) groups is 10. The van der Waals surface area contributed by atoms with Crippen molar-refractivity contribution in [1.82, 2.24) is 44.9 Å². The fraction of sp³-hybridized carbons (Fsp3) is 0.449. The van der Waals surface area contributed by atoms with Gasteiger partial charge < -0.3 is 104 Å². The van der Waals surface area contributed by atoms with Crippen molar-refractivity contribution >= 4 is 71.6 Å². The van der Waals surface area contributed by atoms with Gasteiger partial charge in [-0.3, -0.25) is 75.8 Å². The van der Waals surface area contributed by atoms with Crippen molar-refractivity contribution in [3.8, 4) is 22.3 Å². The van der Waals surface area contributed by atoms with E-state index >= 15 is 8.78 Å². The third-order valence-electron chi connectivity index (χ3n) is 23.9. The fourth-order valence-electron chi connectivity index (χ4n) is 15.5. The van der Waals surface area contributed by atoms with Crippen LogP contribution in [0.4, 0.5) is 17.6 Å². The van der Waals surface area contributed by atoms with E-state index in [4.69, 9.17) is 26.8 Å². The maximum absolute atomic E-state index is 15.0. The summed E-state index contributed by atoms with van der Waals surface area (Å²) < 4.78 is 63.3. The second-order valence-electron chi connectivity index (χ2n) is 34.2. The molecule has 0 bridgehead atoms. The van der Waals surface area contributed by atoms with E-state index in [1.54, 1.807) is 110 Å². The molecule has 22 N–H and O–H groups in total. The van der Waals surface area contributed by atoms with Gasteiger partial charge in [-0.2, -0.15) is 12.6 Å². The van der Waals surface area contributed by atoms with Gasteiger partial charge in [-0.1, -0.05) is 141 Å². The van der Waals surface area contributed by atoms with Gasteiger partial charge in [0.1, 0.15) is 59.9 Å². The van der Waals surface area contributed by atoms with Crippen LogP contribution in [0.25, 0.3) is 22.3 Å². The SMILES string of the molecule is Cc1c(-c2cccc(CCC(=O)NCCCCCCCC(=O)N[C@H](CCC(=O)NC[C@H](O)[C@@H](O)[C@H](O)[C@H](O)CO)C(=O)C[C@H](CCC(=O)O)C(=O)N[C@H](CCC(=O)NC[C@H](O)[C@@H](O)[C@H](O)[C@H](O)CO)C(=O)C[C@H](CS)C(=O)O)c2)c(=O)n(C[C@@H](N)c2ccccc2)c(=O)n1Cc1c(F)cccc1F.Cc1c(-c2cccc(CCC(=O)O)c2)c(=O)n(C[C@H](N)c2ccccc2)c(=O)n1Cc1c(F)cccc1F. The molecule has 141 heavy (non-hydrogen) atoms. The van der Waals surface area contributed by atoms with Crippen LogP contribution in [-0.2, 0) is 87.0 Å². The summed E-state index contributed by atoms with van der Waals surface area (Å²) in [6, 6.07) is 33.3. The Morgan fingerprint density at radius 1 is 0.411 bits per heavy atom. The molecule has 8 rings (SSSR count). The molecular weight excluding hydrogens is 1870 g/mol. The number of Topliss-reactive ketones (excluding diaryl/α,β-unsaturated/α-hetero) is 2. The van der Waals surface area contributed by atoms with E-state index in [1.165, 1.54) is 23.6 Å². The van der Waals surface area contributed by atoms with Crippen molar-refractivity contribution in [3.05, 3.63) is 255 Å². The first-order valence-electron chi connectivity index (χ1n) is 45.7. The number of aliphatic carboxylic acids is 3. The Morgan fingerprint density at radius 3 is 1.21 bits per heavy atom. The molecule has 0 unspecified atom stereocenters. The molecule has 0 aliphatic heterocycles. The molecule has 0 saturated carbocycles. The van der Waals surface area contributed by atoms with Gasteiger partial charge in [-0.05, 0) is 116 Å². The number of unbranched alkanes of at least 4 members (excludes halogenated alkanes) is 4. The smallest absolute Gasteiger partial charge is 0.331 e. The quantitative estimate of drug-likeness (QED) is 0.0147. The standard InChI is InChI=1S/C69H96F2N8O23S.C29H27F2N3O4/c1-38-61(67(99)79(34-47(72)40-13-6-5-7-14-40)69(102)78(38)33-44-45(70)16-11-17-46(44)71)41-15-10-12-39(28-41)19-23-56(88)73-27-9-4-2-3-8-18-59(91)76-48(21-24-57(89)74-31-52(84)62(94)64(96)54(86)35-80)50(82)29-42(20-26-60(92)93)66(98)77-49(51(83)30-43(37-103)68(100)101)22-25-58(90)75-32-53(85)63(95)65(97)55(87)36-81;1-18-27(21-10-5-7-19(15-21)13-14-26(35)36)28(37)34(17-25(32)20-8-3-2-4-9-20)29(38)33(18)16-22-23(30)11-6-12-24(22)31/h5-7,10-17,28,42-43,47-49,52-55,62-65,80-81,84-87,94-97,103H,2-4,8-9,18-27,29-37,72H2,1H3,(H,73,88)(H,74,89)(H,75,90)(H,76,91)(H,77,98)(H,92,93)(H,100,101);2-12,15,25H,13-14,16-17,32H2,1H3,(H,35,36)/t42-,43+,47+,48+,49+,52-,53-,54+,55+,62+,63+,64+,65+;25-/m00/s1. The van der Waals surface area contributed by atoms with Crippen LogP contribution in [0.1, 0.15) is 160 Å². The highest BCUT2D eigenvalue weighted by Crippen LogP contribution is 2.28. The Bertz CT molecular complexity index is 5800. The number of benzene rings is 6. The molecule has 766 valence electrons. The minimum absolute atomic E-state index is 0.0381. The number of nitrogens with zero attached hydrogens (tertiary/aromatic N) is 4. The Labute approximate surface area is 812 Å². The summed E-state index contributed by atoms with van der Waals surface area (Å²) >= 11 is 3.97. The lowest BCUT2D eigenvalue weighted by Crippen LogP contribution is -2.50. The first kappa shape index (κ1) is 115. The number of nitrogens with two attached hydrogens (primary N) is 2. The summed E-state index contributed by atoms with van der Waals surface area (Å²) in [4.78, 5) is 185. The molecule has 2 aromatic heterocycles. The first-order valence-corrected chi connectivity index (χ1v) is 46.4. The van der Waals surface area contributed by atoms with Crippen LogP contribution in [0.5, 0.6) is 0 Å². The lowest BCUT2D eigenvalue weighted by molar-refractivity contribution is -0.143. The normalized spacial score (nSPS) is 14.4. The number of aromatic nitrogens is 4. The fourth-order valence-corrected chi connectivity index (χ4v) is 15.8. The topological polar surface area (TPSA) is 634 Å². The van der Waals surface area contributed by atoms with E-state index in [1.807, 2.05) is 6.07 Å². The number of thiol groups is 1. The zero-order valence-electron chi connectivity index (χ0n) is 77.7. The molecule has 0 saturated heterocycles. The van der Waals surface area contributed by atoms with Gasteiger partial charge in [-0.25, -0.2) is 27.2 Å². The number of carbonyl (C=O) groups excluding carboxylic acids is 7. The Hall–Kier alpha value is -12.6. The van der Waals surface area contributed by atoms with Gasteiger partial charge in [-0.15, -0.1) is 0 Å². The minimum Gasteiger partial charge on any atom is -0.481 e. The summed E-state index contributed by atoms with van der Waals surface area (Å²) in [5.74, 6) is -16.3. The number of aryl methyl sites for hydroxylation is 2. The zero-order valence-corrected chi connectivity index (χ0v) is 78.6. The number of carboxylic acid groups (broad SMARTS) is 3. The van der Waals surface area contributed by atoms with Crippen LogP contribution >= 0.6 is 12.6 Å². The van der Waals surface area contributed by atoms with Gasteiger partial charge in [0.05, 0.1) is 80.7 Å². The lowest BCUT2D eigenvalue weighted by atomic mass is 9.90. The maximum Gasteiger partial charge on any atom is 0.331 e. The third-order valence-corrected chi connectivity index (χ3v) is 24.3. The third kappa shape index (κ3) is 34.9. The second-order valence-corrected chi connectivity index (χ2v) is 34.6. The second kappa shape index (κ2) is 57.3. The Balaban J connectivity index is 0.000000586. The molecule has 5 amide bonds. The number of aliphatic hydroxyl groups excluding tert-OH is 10. The van der Waals surface area contributed by atoms with Crippen LogP contribution < -0.4 is 60.5 Å². The number of halogens is 4. The van der Waals surface area contributed by atoms with Crippen molar-refractivity contribution in [2.24, 2.45) is 23.3 Å². The van der Waals surface area contributed by atoms with Crippen molar-refractivity contribution < 1.29 is 132 Å². The average molecular weight is 2000 g/mol. The predicted molar refractivity (Wildman–Crippen MR) is 508 cm³/mol. The van der Waals surface area contributed by atoms with Gasteiger partial charge in [0.2, 0.25) is 29.5 Å². The summed E-state index contributed by atoms with van der Waals surface area (Å²) in [5, 5.41) is 139. The Morgan fingerprint density at radius 2 is 0.794 bits per heavy atom. The van der Waals surface area contributed by atoms with E-state index in [9.17, 15) is 127 Å². The molecule has 0 radical (unpaired) electrons. The molecule has 14 atom stereocenters.